The third kappa shape index (κ3) is 8.06. The summed E-state index contributed by atoms with van der Waals surface area (Å²) in [6, 6.07) is -3.51. The Hall–Kier alpha value is -3.18. The van der Waals surface area contributed by atoms with Crippen molar-refractivity contribution in [3.63, 3.8) is 0 Å². The van der Waals surface area contributed by atoms with E-state index in [1.165, 1.54) is 4.90 Å². The summed E-state index contributed by atoms with van der Waals surface area (Å²) >= 11 is 0. The van der Waals surface area contributed by atoms with Gasteiger partial charge in [0.15, 0.2) is 0 Å². The van der Waals surface area contributed by atoms with Gasteiger partial charge in [0, 0.05) is 31.1 Å². The van der Waals surface area contributed by atoms with Crippen LogP contribution in [0.2, 0.25) is 0 Å². The molecule has 43 heavy (non-hydrogen) atoms. The molecule has 3 unspecified atom stereocenters. The summed E-state index contributed by atoms with van der Waals surface area (Å²) in [7, 11) is 0. The molecule has 2 saturated heterocycles. The van der Waals surface area contributed by atoms with Crippen LogP contribution >= 0.6 is 0 Å². The largest absolute Gasteiger partial charge is 0.356 e. The number of amides is 6. The number of Topliss-reactive ketones (excluding diaryl/α,β-unsaturated/α-hetero) is 1. The van der Waals surface area contributed by atoms with Crippen molar-refractivity contribution in [3.05, 3.63) is 0 Å². The normalized spacial score (nSPS) is 25.6. The topological polar surface area (TPSA) is 166 Å². The summed E-state index contributed by atoms with van der Waals surface area (Å²) in [5.74, 6) is -3.33. The highest BCUT2D eigenvalue weighted by atomic mass is 16.2. The molecule has 3 fully saturated rings. The van der Waals surface area contributed by atoms with Gasteiger partial charge in [0.05, 0.1) is 6.04 Å². The number of urea groups is 1. The maximum absolute atomic E-state index is 14.1. The number of ketones is 1. The molecule has 0 spiro atoms. The molecule has 0 aromatic carbocycles. The summed E-state index contributed by atoms with van der Waals surface area (Å²) in [6.45, 7) is 18.3. The summed E-state index contributed by atoms with van der Waals surface area (Å²) in [5, 5.41) is 13.8. The Balaban J connectivity index is 1.86. The van der Waals surface area contributed by atoms with Crippen LogP contribution in [-0.4, -0.2) is 83.6 Å². The first kappa shape index (κ1) is 34.3. The molecule has 3 rings (SSSR count). The summed E-state index contributed by atoms with van der Waals surface area (Å²) in [5.41, 5.74) is -1.38. The molecule has 242 valence electrons. The van der Waals surface area contributed by atoms with Crippen molar-refractivity contribution in [2.45, 2.75) is 112 Å². The second kappa shape index (κ2) is 12.8. The Morgan fingerprint density at radius 1 is 1.05 bits per heavy atom. The van der Waals surface area contributed by atoms with E-state index < -0.39 is 58.6 Å². The fourth-order valence-corrected chi connectivity index (χ4v) is 6.40. The fraction of sp³-hybridized carbons (Fsp3) is 0.806. The van der Waals surface area contributed by atoms with E-state index in [1.54, 1.807) is 0 Å². The SMILES string of the molecule is CCCCNC(=O)C(=O)C(CC1CCNC1=O)NC(=O)[C@@H]1[C@@H]2[C@H](CN1C(=O)C(NC(=O)NC(C)(C)C)C(C)(C)C)C2(C)C. The Morgan fingerprint density at radius 2 is 1.70 bits per heavy atom. The zero-order valence-electron chi connectivity index (χ0n) is 27.3. The van der Waals surface area contributed by atoms with Crippen molar-refractivity contribution >= 4 is 35.4 Å². The zero-order chi connectivity index (χ0) is 32.5. The molecule has 6 atom stereocenters. The van der Waals surface area contributed by atoms with Gasteiger partial charge in [-0.25, -0.2) is 4.79 Å². The summed E-state index contributed by atoms with van der Waals surface area (Å²) in [6.07, 6.45) is 2.03. The molecule has 5 N–H and O–H groups in total. The van der Waals surface area contributed by atoms with Crippen molar-refractivity contribution < 1.29 is 28.8 Å². The first-order valence-corrected chi connectivity index (χ1v) is 15.6. The van der Waals surface area contributed by atoms with Gasteiger partial charge in [0.1, 0.15) is 12.1 Å². The number of carbonyl (C=O) groups excluding carboxylic acids is 6. The molecule has 0 radical (unpaired) electrons. The standard InChI is InChI=1S/C31H52N6O6/c1-10-11-13-32-26(41)22(38)19(15-17-12-14-33-24(17)39)34-25(40)21-20-18(31(20,8)9)16-37(21)27(42)23(29(2,3)4)35-28(43)36-30(5,6)7/h17-21,23H,10-16H2,1-9H3,(H,32,41)(H,33,39)(H,34,40)(H2,35,36,43)/t17?,18-,19?,20-,21-,23?/m0/s1. The number of piperidine rings is 1. The van der Waals surface area contributed by atoms with E-state index in [1.807, 2.05) is 62.3 Å². The quantitative estimate of drug-likeness (QED) is 0.177. The van der Waals surface area contributed by atoms with Crippen LogP contribution in [0.3, 0.4) is 0 Å². The molecule has 6 amide bonds. The van der Waals surface area contributed by atoms with Crippen LogP contribution in [-0.2, 0) is 24.0 Å². The van der Waals surface area contributed by atoms with Crippen molar-refractivity contribution in [1.82, 2.24) is 31.5 Å². The van der Waals surface area contributed by atoms with Gasteiger partial charge in [0.2, 0.25) is 23.5 Å². The van der Waals surface area contributed by atoms with Gasteiger partial charge in [-0.05, 0) is 62.7 Å². The lowest BCUT2D eigenvalue weighted by Gasteiger charge is -2.38. The summed E-state index contributed by atoms with van der Waals surface area (Å²) < 4.78 is 0. The summed E-state index contributed by atoms with van der Waals surface area (Å²) in [4.78, 5) is 80.9. The Morgan fingerprint density at radius 3 is 2.23 bits per heavy atom. The molecule has 0 aromatic rings. The highest BCUT2D eigenvalue weighted by Crippen LogP contribution is 2.65. The molecule has 3 aliphatic rings. The molecule has 1 aliphatic carbocycles. The van der Waals surface area contributed by atoms with E-state index in [-0.39, 0.29) is 35.5 Å². The van der Waals surface area contributed by atoms with Crippen LogP contribution in [0.25, 0.3) is 0 Å². The monoisotopic (exact) mass is 604 g/mol. The number of hydrogen-bond donors (Lipinski definition) is 5. The Labute approximate surface area is 255 Å². The predicted octanol–water partition coefficient (Wildman–Crippen LogP) is 1.48. The van der Waals surface area contributed by atoms with E-state index in [0.717, 1.165) is 6.42 Å². The smallest absolute Gasteiger partial charge is 0.315 e. The van der Waals surface area contributed by atoms with Crippen LogP contribution in [0.5, 0.6) is 0 Å². The van der Waals surface area contributed by atoms with E-state index in [2.05, 4.69) is 26.6 Å². The number of rotatable bonds is 11. The number of unbranched alkanes of at least 4 members (excludes halogenated alkanes) is 1. The third-order valence-corrected chi connectivity index (χ3v) is 8.99. The average molecular weight is 605 g/mol. The zero-order valence-corrected chi connectivity index (χ0v) is 27.3. The number of nitrogens with one attached hydrogen (secondary N) is 5. The molecule has 0 aromatic heterocycles. The highest BCUT2D eigenvalue weighted by molar-refractivity contribution is 6.38. The molecule has 1 saturated carbocycles. The van der Waals surface area contributed by atoms with Gasteiger partial charge < -0.3 is 31.5 Å². The maximum Gasteiger partial charge on any atom is 0.315 e. The first-order chi connectivity index (χ1) is 19.8. The van der Waals surface area contributed by atoms with Crippen molar-refractivity contribution in [2.24, 2.45) is 28.6 Å². The van der Waals surface area contributed by atoms with Gasteiger partial charge in [-0.1, -0.05) is 48.0 Å². The Bertz CT molecular complexity index is 1120. The molecule has 2 aliphatic heterocycles. The minimum Gasteiger partial charge on any atom is -0.356 e. The van der Waals surface area contributed by atoms with Crippen LogP contribution < -0.4 is 26.6 Å². The Kier molecular flexibility index (Phi) is 10.2. The van der Waals surface area contributed by atoms with E-state index in [9.17, 15) is 28.8 Å². The van der Waals surface area contributed by atoms with Gasteiger partial charge in [-0.15, -0.1) is 0 Å². The lowest BCUT2D eigenvalue weighted by molar-refractivity contribution is -0.145. The van der Waals surface area contributed by atoms with Gasteiger partial charge in [0.25, 0.3) is 5.91 Å². The average Bonchev–Trinajstić information content (AvgIpc) is 3.23. The molecule has 0 bridgehead atoms. The first-order valence-electron chi connectivity index (χ1n) is 15.6. The second-order valence-electron chi connectivity index (χ2n) is 15.1. The third-order valence-electron chi connectivity index (χ3n) is 8.99. The predicted molar refractivity (Wildman–Crippen MR) is 162 cm³/mol. The number of carbonyl (C=O) groups is 6. The fourth-order valence-electron chi connectivity index (χ4n) is 6.40. The second-order valence-corrected chi connectivity index (χ2v) is 15.1. The lowest BCUT2D eigenvalue weighted by Crippen LogP contribution is -2.62. The van der Waals surface area contributed by atoms with Crippen molar-refractivity contribution in [2.75, 3.05) is 19.6 Å². The van der Waals surface area contributed by atoms with E-state index in [4.69, 9.17) is 0 Å². The number of fused-ring (bicyclic) bond motifs is 1. The minimum atomic E-state index is -1.21. The van der Waals surface area contributed by atoms with Crippen LogP contribution in [0, 0.1) is 28.6 Å². The number of likely N-dealkylation sites (tertiary alicyclic amines) is 1. The molecule has 12 nitrogen and oxygen atoms in total. The highest BCUT2D eigenvalue weighted by Gasteiger charge is 2.70. The van der Waals surface area contributed by atoms with Crippen LogP contribution in [0.4, 0.5) is 4.79 Å². The van der Waals surface area contributed by atoms with Crippen molar-refractivity contribution in [1.29, 1.82) is 0 Å². The molecular weight excluding hydrogens is 552 g/mol. The number of hydrogen-bond acceptors (Lipinski definition) is 6. The van der Waals surface area contributed by atoms with Crippen LogP contribution in [0.1, 0.15) is 88.0 Å². The van der Waals surface area contributed by atoms with E-state index in [0.29, 0.717) is 32.5 Å². The number of nitrogens with zero attached hydrogens (tertiary/aromatic N) is 1. The minimum absolute atomic E-state index is 0.00505. The van der Waals surface area contributed by atoms with Crippen LogP contribution in [0.15, 0.2) is 0 Å². The molecular formula is C31H52N6O6. The lowest BCUT2D eigenvalue weighted by atomic mass is 9.85. The van der Waals surface area contributed by atoms with Gasteiger partial charge in [-0.2, -0.15) is 0 Å². The molecule has 12 heteroatoms. The molecule has 2 heterocycles. The van der Waals surface area contributed by atoms with E-state index >= 15 is 0 Å². The maximum atomic E-state index is 14.1. The van der Waals surface area contributed by atoms with Gasteiger partial charge in [-0.3, -0.25) is 24.0 Å². The van der Waals surface area contributed by atoms with Crippen molar-refractivity contribution in [3.8, 4) is 0 Å². The van der Waals surface area contributed by atoms with Gasteiger partial charge >= 0.3 is 6.03 Å².